The Hall–Kier alpha value is -1.69. The first-order chi connectivity index (χ1) is 8.18. The van der Waals surface area contributed by atoms with E-state index in [2.05, 4.69) is 31.6 Å². The molecule has 0 aliphatic heterocycles. The molecule has 5 nitrogen and oxygen atoms in total. The van der Waals surface area contributed by atoms with Crippen LogP contribution in [0.2, 0.25) is 0 Å². The second kappa shape index (κ2) is 5.09. The second-order valence-electron chi connectivity index (χ2n) is 3.50. The van der Waals surface area contributed by atoms with E-state index >= 15 is 0 Å². The number of nitrogens with zero attached hydrogens (tertiary/aromatic N) is 3. The van der Waals surface area contributed by atoms with Crippen molar-refractivity contribution >= 4 is 21.8 Å². The zero-order valence-corrected chi connectivity index (χ0v) is 10.8. The lowest BCUT2D eigenvalue weighted by atomic mass is 10.2. The van der Waals surface area contributed by atoms with Crippen molar-refractivity contribution < 1.29 is 4.79 Å². The minimum absolute atomic E-state index is 0.112. The van der Waals surface area contributed by atoms with Gasteiger partial charge in [-0.05, 0) is 28.1 Å². The van der Waals surface area contributed by atoms with Crippen molar-refractivity contribution in [3.05, 3.63) is 46.2 Å². The number of halogens is 1. The van der Waals surface area contributed by atoms with E-state index in [1.807, 2.05) is 18.2 Å². The number of amides is 1. The summed E-state index contributed by atoms with van der Waals surface area (Å²) in [5.41, 5.74) is 1.47. The Labute approximate surface area is 107 Å². The summed E-state index contributed by atoms with van der Waals surface area (Å²) in [5.74, 6) is -0.112. The summed E-state index contributed by atoms with van der Waals surface area (Å²) < 4.78 is 2.27. The first-order valence-corrected chi connectivity index (χ1v) is 5.85. The van der Waals surface area contributed by atoms with Crippen LogP contribution < -0.4 is 5.32 Å². The second-order valence-corrected chi connectivity index (χ2v) is 4.25. The summed E-state index contributed by atoms with van der Waals surface area (Å²) in [6.45, 7) is 0.387. The van der Waals surface area contributed by atoms with E-state index in [0.717, 1.165) is 5.69 Å². The van der Waals surface area contributed by atoms with Crippen LogP contribution in [0, 0.1) is 0 Å². The van der Waals surface area contributed by atoms with E-state index in [4.69, 9.17) is 0 Å². The lowest BCUT2D eigenvalue weighted by Gasteiger charge is -2.05. The van der Waals surface area contributed by atoms with Gasteiger partial charge in [0.25, 0.3) is 5.91 Å². The maximum Gasteiger partial charge on any atom is 0.251 e. The van der Waals surface area contributed by atoms with E-state index in [1.165, 1.54) is 0 Å². The molecule has 88 valence electrons. The molecule has 1 amide bonds. The molecule has 0 bridgehead atoms. The maximum absolute atomic E-state index is 11.8. The molecule has 0 aliphatic rings. The summed E-state index contributed by atoms with van der Waals surface area (Å²) in [5, 5.41) is 10.5. The monoisotopic (exact) mass is 294 g/mol. The first kappa shape index (κ1) is 11.8. The van der Waals surface area contributed by atoms with Crippen LogP contribution in [0.15, 0.2) is 34.9 Å². The summed E-state index contributed by atoms with van der Waals surface area (Å²) in [7, 11) is 1.78. The molecule has 2 aromatic rings. The first-order valence-electron chi connectivity index (χ1n) is 5.06. The summed E-state index contributed by atoms with van der Waals surface area (Å²) >= 11 is 3.28. The zero-order valence-electron chi connectivity index (χ0n) is 9.22. The fourth-order valence-electron chi connectivity index (χ4n) is 1.39. The highest BCUT2D eigenvalue weighted by molar-refractivity contribution is 9.10. The quantitative estimate of drug-likeness (QED) is 0.933. The van der Waals surface area contributed by atoms with Crippen molar-refractivity contribution in [2.75, 3.05) is 0 Å². The molecule has 0 fully saturated rings. The maximum atomic E-state index is 11.8. The van der Waals surface area contributed by atoms with Crippen molar-refractivity contribution in [2.45, 2.75) is 6.54 Å². The molecule has 0 aliphatic carbocycles. The van der Waals surface area contributed by atoms with Gasteiger partial charge in [0, 0.05) is 12.6 Å². The molecular weight excluding hydrogens is 284 g/mol. The predicted molar refractivity (Wildman–Crippen MR) is 66.3 cm³/mol. The fraction of sp³-hybridized carbons (Fsp3) is 0.182. The molecule has 0 atom stereocenters. The normalized spacial score (nSPS) is 10.2. The van der Waals surface area contributed by atoms with Gasteiger partial charge < -0.3 is 5.32 Å². The minimum atomic E-state index is -0.112. The molecule has 0 saturated heterocycles. The zero-order chi connectivity index (χ0) is 12.3. The Morgan fingerprint density at radius 1 is 1.41 bits per heavy atom. The Morgan fingerprint density at radius 3 is 2.71 bits per heavy atom. The van der Waals surface area contributed by atoms with Gasteiger partial charge in [-0.15, -0.1) is 5.10 Å². The molecule has 0 spiro atoms. The highest BCUT2D eigenvalue weighted by atomic mass is 79.9. The topological polar surface area (TPSA) is 59.8 Å². The highest BCUT2D eigenvalue weighted by Gasteiger charge is 2.10. The average molecular weight is 295 g/mol. The van der Waals surface area contributed by atoms with Crippen molar-refractivity contribution in [3.63, 3.8) is 0 Å². The largest absolute Gasteiger partial charge is 0.346 e. The Bertz CT molecular complexity index is 504. The Balaban J connectivity index is 2.02. The Kier molecular flexibility index (Phi) is 3.53. The summed E-state index contributed by atoms with van der Waals surface area (Å²) in [6, 6.07) is 9.07. The minimum Gasteiger partial charge on any atom is -0.346 e. The average Bonchev–Trinajstić information content (AvgIpc) is 2.67. The van der Waals surface area contributed by atoms with Crippen LogP contribution in [-0.4, -0.2) is 20.9 Å². The lowest BCUT2D eigenvalue weighted by Crippen LogP contribution is -2.24. The van der Waals surface area contributed by atoms with Crippen LogP contribution in [0.3, 0.4) is 0 Å². The van der Waals surface area contributed by atoms with Crippen LogP contribution in [0.1, 0.15) is 16.1 Å². The smallest absolute Gasteiger partial charge is 0.251 e. The number of hydrogen-bond donors (Lipinski definition) is 1. The van der Waals surface area contributed by atoms with Crippen molar-refractivity contribution in [2.24, 2.45) is 7.05 Å². The van der Waals surface area contributed by atoms with Gasteiger partial charge in [-0.25, -0.2) is 4.68 Å². The predicted octanol–water partition coefficient (Wildman–Crippen LogP) is 1.51. The summed E-state index contributed by atoms with van der Waals surface area (Å²) in [4.78, 5) is 11.8. The van der Waals surface area contributed by atoms with E-state index in [0.29, 0.717) is 16.7 Å². The number of aryl methyl sites for hydroxylation is 1. The number of benzene rings is 1. The van der Waals surface area contributed by atoms with Crippen LogP contribution >= 0.6 is 15.9 Å². The number of carbonyl (C=O) groups excluding carboxylic acids is 1. The van der Waals surface area contributed by atoms with Crippen LogP contribution in [0.4, 0.5) is 0 Å². The molecule has 1 aromatic carbocycles. The molecule has 1 N–H and O–H groups in total. The number of aromatic nitrogens is 3. The standard InChI is InChI=1S/C11H11BrN4O/c1-16-9(10(12)14-15-16)7-13-11(17)8-5-3-2-4-6-8/h2-6H,7H2,1H3,(H,13,17). The van der Waals surface area contributed by atoms with Gasteiger partial charge in [0.2, 0.25) is 0 Å². The molecule has 0 saturated carbocycles. The molecule has 6 heteroatoms. The highest BCUT2D eigenvalue weighted by Crippen LogP contribution is 2.11. The molecule has 2 rings (SSSR count). The fourth-order valence-corrected chi connectivity index (χ4v) is 1.86. The lowest BCUT2D eigenvalue weighted by molar-refractivity contribution is 0.0950. The van der Waals surface area contributed by atoms with Gasteiger partial charge in [0.05, 0.1) is 12.2 Å². The van der Waals surface area contributed by atoms with Crippen molar-refractivity contribution in [3.8, 4) is 0 Å². The third-order valence-corrected chi connectivity index (χ3v) is 2.96. The third-order valence-electron chi connectivity index (χ3n) is 2.35. The molecule has 17 heavy (non-hydrogen) atoms. The van der Waals surface area contributed by atoms with E-state index in [1.54, 1.807) is 23.9 Å². The van der Waals surface area contributed by atoms with E-state index < -0.39 is 0 Å². The van der Waals surface area contributed by atoms with Gasteiger partial charge in [0.15, 0.2) is 4.60 Å². The van der Waals surface area contributed by atoms with E-state index in [9.17, 15) is 4.79 Å². The van der Waals surface area contributed by atoms with Gasteiger partial charge >= 0.3 is 0 Å². The number of rotatable bonds is 3. The van der Waals surface area contributed by atoms with E-state index in [-0.39, 0.29) is 5.91 Å². The van der Waals surface area contributed by atoms with Gasteiger partial charge in [-0.2, -0.15) is 0 Å². The molecule has 1 aromatic heterocycles. The van der Waals surface area contributed by atoms with Crippen molar-refractivity contribution in [1.29, 1.82) is 0 Å². The third kappa shape index (κ3) is 2.71. The number of nitrogens with one attached hydrogen (secondary N) is 1. The Morgan fingerprint density at radius 2 is 2.12 bits per heavy atom. The van der Waals surface area contributed by atoms with Crippen LogP contribution in [0.5, 0.6) is 0 Å². The summed E-state index contributed by atoms with van der Waals surface area (Å²) in [6.07, 6.45) is 0. The molecule has 0 unspecified atom stereocenters. The van der Waals surface area contributed by atoms with Crippen molar-refractivity contribution in [1.82, 2.24) is 20.3 Å². The SMILES string of the molecule is Cn1nnc(Br)c1CNC(=O)c1ccccc1. The molecule has 0 radical (unpaired) electrons. The van der Waals surface area contributed by atoms with Gasteiger partial charge in [0.1, 0.15) is 0 Å². The van der Waals surface area contributed by atoms with Gasteiger partial charge in [-0.1, -0.05) is 23.4 Å². The van der Waals surface area contributed by atoms with Gasteiger partial charge in [-0.3, -0.25) is 4.79 Å². The molecular formula is C11H11BrN4O. The van der Waals surface area contributed by atoms with Crippen LogP contribution in [-0.2, 0) is 13.6 Å². The number of hydrogen-bond acceptors (Lipinski definition) is 3. The molecule has 1 heterocycles. The number of carbonyl (C=O) groups is 1. The van der Waals surface area contributed by atoms with Crippen LogP contribution in [0.25, 0.3) is 0 Å².